The number of hydrogen-bond acceptors (Lipinski definition) is 4. The van der Waals surface area contributed by atoms with E-state index in [1.54, 1.807) is 15.5 Å². The average molecular weight is 325 g/mol. The van der Waals surface area contributed by atoms with E-state index in [1.807, 2.05) is 19.3 Å². The van der Waals surface area contributed by atoms with E-state index in [9.17, 15) is 13.2 Å². The maximum atomic E-state index is 12.8. The van der Waals surface area contributed by atoms with Crippen molar-refractivity contribution in [2.24, 2.45) is 7.05 Å². The van der Waals surface area contributed by atoms with Gasteiger partial charge in [0.25, 0.3) is 5.91 Å². The lowest BCUT2D eigenvalue weighted by molar-refractivity contribution is 0.0325. The Kier molecular flexibility index (Phi) is 4.03. The summed E-state index contributed by atoms with van der Waals surface area (Å²) < 4.78 is 26.0. The van der Waals surface area contributed by atoms with E-state index in [2.05, 4.69) is 11.8 Å². The van der Waals surface area contributed by atoms with Gasteiger partial charge in [-0.25, -0.2) is 8.42 Å². The van der Waals surface area contributed by atoms with Crippen LogP contribution in [0.15, 0.2) is 18.3 Å². The van der Waals surface area contributed by atoms with Gasteiger partial charge in [0.2, 0.25) is 0 Å². The number of fused-ring (bicyclic) bond motifs is 1. The van der Waals surface area contributed by atoms with Crippen molar-refractivity contribution in [1.82, 2.24) is 14.4 Å². The number of rotatable bonds is 3. The molecule has 122 valence electrons. The van der Waals surface area contributed by atoms with Crippen LogP contribution < -0.4 is 0 Å². The summed E-state index contributed by atoms with van der Waals surface area (Å²) in [4.78, 5) is 16.8. The monoisotopic (exact) mass is 325 g/mol. The quantitative estimate of drug-likeness (QED) is 0.805. The number of aromatic nitrogens is 1. The molecule has 3 heterocycles. The molecule has 3 rings (SSSR count). The molecule has 0 bridgehead atoms. The molecule has 0 N–H and O–H groups in total. The predicted octanol–water partition coefficient (Wildman–Crippen LogP) is 0.359. The van der Waals surface area contributed by atoms with Crippen LogP contribution in [0.1, 0.15) is 23.8 Å². The molecule has 1 amide bonds. The van der Waals surface area contributed by atoms with Gasteiger partial charge in [-0.1, -0.05) is 6.92 Å². The van der Waals surface area contributed by atoms with Crippen molar-refractivity contribution in [3.8, 4) is 0 Å². The summed E-state index contributed by atoms with van der Waals surface area (Å²) in [5.74, 6) is 0.207. The summed E-state index contributed by atoms with van der Waals surface area (Å²) in [7, 11) is -1.23. The van der Waals surface area contributed by atoms with E-state index in [1.165, 1.54) is 0 Å². The van der Waals surface area contributed by atoms with E-state index in [4.69, 9.17) is 0 Å². The first-order valence-electron chi connectivity index (χ1n) is 7.79. The van der Waals surface area contributed by atoms with E-state index < -0.39 is 9.84 Å². The Hall–Kier alpha value is -1.34. The van der Waals surface area contributed by atoms with E-state index in [0.717, 1.165) is 19.5 Å². The van der Waals surface area contributed by atoms with Crippen LogP contribution in [-0.2, 0) is 16.9 Å². The molecule has 0 aliphatic carbocycles. The number of hydrogen-bond donors (Lipinski definition) is 0. The SMILES string of the molecule is CCCN1CCN(C(=O)c2cccn2C)[C@H]2CS(=O)(=O)C[C@H]21. The van der Waals surface area contributed by atoms with Crippen molar-refractivity contribution in [2.45, 2.75) is 25.4 Å². The maximum absolute atomic E-state index is 12.8. The fourth-order valence-electron chi connectivity index (χ4n) is 3.67. The highest BCUT2D eigenvalue weighted by Gasteiger charge is 2.47. The molecule has 0 spiro atoms. The van der Waals surface area contributed by atoms with Crippen LogP contribution in [0.4, 0.5) is 0 Å². The third-order valence-corrected chi connectivity index (χ3v) is 6.42. The van der Waals surface area contributed by atoms with Crippen molar-refractivity contribution in [1.29, 1.82) is 0 Å². The van der Waals surface area contributed by atoms with Crippen molar-refractivity contribution in [3.63, 3.8) is 0 Å². The summed E-state index contributed by atoms with van der Waals surface area (Å²) in [5, 5.41) is 0. The number of carbonyl (C=O) groups is 1. The zero-order chi connectivity index (χ0) is 15.9. The molecule has 7 heteroatoms. The normalized spacial score (nSPS) is 27.8. The van der Waals surface area contributed by atoms with Crippen LogP contribution in [-0.4, -0.2) is 71.9 Å². The zero-order valence-electron chi connectivity index (χ0n) is 13.1. The van der Waals surface area contributed by atoms with Crippen molar-refractivity contribution >= 4 is 15.7 Å². The first-order chi connectivity index (χ1) is 10.4. The smallest absolute Gasteiger partial charge is 0.270 e. The highest BCUT2D eigenvalue weighted by atomic mass is 32.2. The molecule has 22 heavy (non-hydrogen) atoms. The van der Waals surface area contributed by atoms with E-state index in [-0.39, 0.29) is 29.5 Å². The number of nitrogens with zero attached hydrogens (tertiary/aromatic N) is 3. The summed E-state index contributed by atoms with van der Waals surface area (Å²) >= 11 is 0. The van der Waals surface area contributed by atoms with Gasteiger partial charge >= 0.3 is 0 Å². The molecule has 6 nitrogen and oxygen atoms in total. The van der Waals surface area contributed by atoms with Gasteiger partial charge in [-0.15, -0.1) is 0 Å². The van der Waals surface area contributed by atoms with E-state index >= 15 is 0 Å². The van der Waals surface area contributed by atoms with Crippen LogP contribution in [0, 0.1) is 0 Å². The molecule has 2 fully saturated rings. The van der Waals surface area contributed by atoms with Gasteiger partial charge in [-0.05, 0) is 25.1 Å². The second kappa shape index (κ2) is 5.70. The molecular weight excluding hydrogens is 302 g/mol. The van der Waals surface area contributed by atoms with Crippen LogP contribution in [0.25, 0.3) is 0 Å². The molecule has 0 unspecified atom stereocenters. The van der Waals surface area contributed by atoms with Crippen LogP contribution >= 0.6 is 0 Å². The van der Waals surface area contributed by atoms with Gasteiger partial charge in [0.15, 0.2) is 9.84 Å². The second-order valence-electron chi connectivity index (χ2n) is 6.25. The minimum atomic E-state index is -3.07. The largest absolute Gasteiger partial charge is 0.347 e. The molecule has 0 aromatic carbocycles. The van der Waals surface area contributed by atoms with Gasteiger partial charge in [0.05, 0.1) is 17.5 Å². The first kappa shape index (κ1) is 15.6. The Morgan fingerprint density at radius 1 is 1.27 bits per heavy atom. The Morgan fingerprint density at radius 2 is 2.00 bits per heavy atom. The highest BCUT2D eigenvalue weighted by Crippen LogP contribution is 2.28. The topological polar surface area (TPSA) is 62.6 Å². The van der Waals surface area contributed by atoms with Crippen LogP contribution in [0.3, 0.4) is 0 Å². The molecule has 2 aliphatic heterocycles. The summed E-state index contributed by atoms with van der Waals surface area (Å²) in [6.45, 7) is 4.34. The number of piperazine rings is 1. The van der Waals surface area contributed by atoms with Crippen molar-refractivity contribution in [2.75, 3.05) is 31.1 Å². The molecule has 2 aliphatic rings. The zero-order valence-corrected chi connectivity index (χ0v) is 13.9. The molecule has 2 saturated heterocycles. The molecule has 1 aromatic heterocycles. The first-order valence-corrected chi connectivity index (χ1v) is 9.62. The number of amides is 1. The Bertz CT molecular complexity index is 667. The lowest BCUT2D eigenvalue weighted by atomic mass is 10.0. The minimum absolute atomic E-state index is 0.0529. The minimum Gasteiger partial charge on any atom is -0.347 e. The number of sulfone groups is 1. The molecule has 0 radical (unpaired) electrons. The molecular formula is C15H23N3O3S. The van der Waals surface area contributed by atoms with Crippen molar-refractivity contribution in [3.05, 3.63) is 24.0 Å². The third kappa shape index (κ3) is 2.67. The van der Waals surface area contributed by atoms with Gasteiger partial charge in [0.1, 0.15) is 5.69 Å². The van der Waals surface area contributed by atoms with Crippen molar-refractivity contribution < 1.29 is 13.2 Å². The standard InChI is InChI=1S/C15H23N3O3S/c1-3-6-17-8-9-18(14-11-22(20,21)10-13(14)17)15(19)12-5-4-7-16(12)2/h4-5,7,13-14H,3,6,8-11H2,1-2H3/t13-,14+/m1/s1. The number of carbonyl (C=O) groups excluding carboxylic acids is 1. The maximum Gasteiger partial charge on any atom is 0.270 e. The Balaban J connectivity index is 1.88. The second-order valence-corrected chi connectivity index (χ2v) is 8.40. The fraction of sp³-hybridized carbons (Fsp3) is 0.667. The lowest BCUT2D eigenvalue weighted by Gasteiger charge is -2.43. The fourth-order valence-corrected chi connectivity index (χ4v) is 5.68. The lowest BCUT2D eigenvalue weighted by Crippen LogP contribution is -2.60. The van der Waals surface area contributed by atoms with Gasteiger partial charge in [-0.3, -0.25) is 9.69 Å². The summed E-state index contributed by atoms with van der Waals surface area (Å²) in [6.07, 6.45) is 2.83. The average Bonchev–Trinajstić information content (AvgIpc) is 3.01. The van der Waals surface area contributed by atoms with Gasteiger partial charge in [-0.2, -0.15) is 0 Å². The number of aryl methyl sites for hydroxylation is 1. The molecule has 0 saturated carbocycles. The summed E-state index contributed by atoms with van der Waals surface area (Å²) in [6, 6.07) is 3.36. The van der Waals surface area contributed by atoms with E-state index in [0.29, 0.717) is 12.2 Å². The van der Waals surface area contributed by atoms with Gasteiger partial charge in [0, 0.05) is 32.4 Å². The summed E-state index contributed by atoms with van der Waals surface area (Å²) in [5.41, 5.74) is 0.618. The Labute approximate surface area is 131 Å². The highest BCUT2D eigenvalue weighted by molar-refractivity contribution is 7.91. The van der Waals surface area contributed by atoms with Gasteiger partial charge < -0.3 is 9.47 Å². The molecule has 1 aromatic rings. The molecule has 2 atom stereocenters. The van der Waals surface area contributed by atoms with Crippen LogP contribution in [0.2, 0.25) is 0 Å². The van der Waals surface area contributed by atoms with Crippen LogP contribution in [0.5, 0.6) is 0 Å². The Morgan fingerprint density at radius 3 is 2.64 bits per heavy atom. The third-order valence-electron chi connectivity index (χ3n) is 4.73. The predicted molar refractivity (Wildman–Crippen MR) is 84.5 cm³/mol.